The lowest BCUT2D eigenvalue weighted by molar-refractivity contribution is -0.292. The second-order valence-electron chi connectivity index (χ2n) is 8.02. The van der Waals surface area contributed by atoms with Crippen molar-refractivity contribution in [3.05, 3.63) is 29.2 Å². The quantitative estimate of drug-likeness (QED) is 0.611. The van der Waals surface area contributed by atoms with Crippen molar-refractivity contribution in [3.8, 4) is 5.82 Å². The third-order valence-electron chi connectivity index (χ3n) is 5.37. The Morgan fingerprint density at radius 1 is 0.871 bits per heavy atom. The molecule has 3 rings (SSSR count). The molecule has 1 saturated heterocycles. The Hall–Kier alpha value is -2.22. The van der Waals surface area contributed by atoms with E-state index < -0.39 is 58.4 Å². The number of aryl methyl sites for hydroxylation is 1. The van der Waals surface area contributed by atoms with Crippen LogP contribution < -0.4 is 0 Å². The van der Waals surface area contributed by atoms with E-state index in [1.807, 2.05) is 0 Å². The van der Waals surface area contributed by atoms with E-state index in [2.05, 4.69) is 10.2 Å². The number of halogens is 8. The molecule has 0 amide bonds. The first kappa shape index (κ1) is 23.4. The fraction of sp³-hybridized carbons (Fsp3) is 0.647. The van der Waals surface area contributed by atoms with E-state index in [0.29, 0.717) is 17.1 Å². The smallest absolute Gasteiger partial charge is 0.339 e. The highest BCUT2D eigenvalue weighted by Gasteiger charge is 2.63. The number of nitrogens with zero attached hydrogens (tertiary/aromatic N) is 4. The van der Waals surface area contributed by atoms with Crippen LogP contribution in [0.4, 0.5) is 35.1 Å². The van der Waals surface area contributed by atoms with Crippen LogP contribution in [0.2, 0.25) is 0 Å². The molecule has 1 aliphatic rings. The van der Waals surface area contributed by atoms with Crippen LogP contribution in [0.15, 0.2) is 12.4 Å². The molecule has 6 nitrogen and oxygen atoms in total. The molecule has 0 radical (unpaired) electrons. The molecule has 14 heteroatoms. The molecule has 174 valence electrons. The van der Waals surface area contributed by atoms with Crippen molar-refractivity contribution in [2.45, 2.75) is 63.5 Å². The molecule has 1 fully saturated rings. The van der Waals surface area contributed by atoms with Gasteiger partial charge in [0.05, 0.1) is 29.2 Å². The van der Waals surface area contributed by atoms with Crippen LogP contribution in [0.3, 0.4) is 0 Å². The van der Waals surface area contributed by atoms with Crippen molar-refractivity contribution in [2.24, 2.45) is 7.05 Å². The van der Waals surface area contributed by atoms with Gasteiger partial charge in [-0.15, -0.1) is 0 Å². The third kappa shape index (κ3) is 3.58. The molecular weight excluding hydrogens is 444 g/mol. The Bertz CT molecular complexity index is 971. The molecule has 2 aromatic heterocycles. The molecule has 2 aromatic rings. The monoisotopic (exact) mass is 462 g/mol. The van der Waals surface area contributed by atoms with Gasteiger partial charge >= 0.3 is 18.3 Å². The topological polar surface area (TPSA) is 54.1 Å². The van der Waals surface area contributed by atoms with Crippen LogP contribution in [0, 0.1) is 0 Å². The first-order chi connectivity index (χ1) is 13.8. The van der Waals surface area contributed by atoms with Crippen molar-refractivity contribution in [1.82, 2.24) is 19.6 Å². The van der Waals surface area contributed by atoms with Gasteiger partial charge in [0.1, 0.15) is 11.3 Å². The molecule has 3 heterocycles. The van der Waals surface area contributed by atoms with Gasteiger partial charge in [-0.3, -0.25) is 4.68 Å². The molecule has 0 aliphatic carbocycles. The van der Waals surface area contributed by atoms with Gasteiger partial charge in [-0.1, -0.05) is 0 Å². The van der Waals surface area contributed by atoms with Gasteiger partial charge in [-0.25, -0.2) is 4.68 Å². The minimum absolute atomic E-state index is 0.121. The van der Waals surface area contributed by atoms with E-state index in [1.165, 1.54) is 27.7 Å². The molecule has 0 N–H and O–H groups in total. The summed E-state index contributed by atoms with van der Waals surface area (Å²) in [6, 6.07) is 0. The number of ether oxygens (including phenoxy) is 2. The summed E-state index contributed by atoms with van der Waals surface area (Å²) in [5.41, 5.74) is -6.48. The van der Waals surface area contributed by atoms with Gasteiger partial charge in [0.15, 0.2) is 12.1 Å². The van der Waals surface area contributed by atoms with Gasteiger partial charge in [-0.05, 0) is 27.7 Å². The van der Waals surface area contributed by atoms with Gasteiger partial charge in [0, 0.05) is 7.05 Å². The minimum Gasteiger partial charge on any atom is -0.339 e. The summed E-state index contributed by atoms with van der Waals surface area (Å²) in [6.45, 7) is 6.12. The number of hydrogen-bond donors (Lipinski definition) is 0. The highest BCUT2D eigenvalue weighted by atomic mass is 19.4. The average molecular weight is 462 g/mol. The lowest BCUT2D eigenvalue weighted by Gasteiger charge is -2.30. The van der Waals surface area contributed by atoms with Crippen molar-refractivity contribution in [1.29, 1.82) is 0 Å². The molecule has 31 heavy (non-hydrogen) atoms. The van der Waals surface area contributed by atoms with Crippen molar-refractivity contribution >= 4 is 0 Å². The highest BCUT2D eigenvalue weighted by molar-refractivity contribution is 5.40. The lowest BCUT2D eigenvalue weighted by atomic mass is 9.90. The Morgan fingerprint density at radius 3 is 1.84 bits per heavy atom. The standard InChI is InChI=1S/C17H18F8N4O2/c1-13(2)14(3,4)31-12(30-13)8-6-27-29(10(8)15(18,19)17(23,24)25)11-9(16(20,21)22)7-26-28(11)5/h6-7,12H,1-5H3. The van der Waals surface area contributed by atoms with Crippen LogP contribution in [-0.4, -0.2) is 36.9 Å². The Morgan fingerprint density at radius 2 is 1.39 bits per heavy atom. The SMILES string of the molecule is Cn1ncc(C(F)(F)F)c1-n1ncc(C2OC(C)(C)C(C)(C)O2)c1C(F)(F)C(F)(F)F. The summed E-state index contributed by atoms with van der Waals surface area (Å²) in [5, 5.41) is 6.77. The van der Waals surface area contributed by atoms with Crippen LogP contribution >= 0.6 is 0 Å². The summed E-state index contributed by atoms with van der Waals surface area (Å²) < 4.78 is 121. The molecule has 0 bridgehead atoms. The van der Waals surface area contributed by atoms with Gasteiger partial charge in [0.25, 0.3) is 0 Å². The Labute approximate surface area is 170 Å². The van der Waals surface area contributed by atoms with E-state index in [-0.39, 0.29) is 4.68 Å². The minimum atomic E-state index is -6.14. The summed E-state index contributed by atoms with van der Waals surface area (Å²) in [6.07, 6.45) is -12.1. The van der Waals surface area contributed by atoms with E-state index in [4.69, 9.17) is 9.47 Å². The highest BCUT2D eigenvalue weighted by Crippen LogP contribution is 2.51. The van der Waals surface area contributed by atoms with Crippen LogP contribution in [0.1, 0.15) is 50.8 Å². The normalized spacial score (nSPS) is 19.9. The second kappa shape index (κ2) is 6.64. The van der Waals surface area contributed by atoms with E-state index in [1.54, 1.807) is 0 Å². The van der Waals surface area contributed by atoms with Gasteiger partial charge < -0.3 is 9.47 Å². The fourth-order valence-electron chi connectivity index (χ4n) is 2.99. The summed E-state index contributed by atoms with van der Waals surface area (Å²) in [7, 11) is 0.955. The number of alkyl halides is 8. The van der Waals surface area contributed by atoms with Crippen LogP contribution in [0.5, 0.6) is 0 Å². The predicted molar refractivity (Wildman–Crippen MR) is 88.4 cm³/mol. The van der Waals surface area contributed by atoms with Crippen LogP contribution in [-0.2, 0) is 28.6 Å². The molecule has 0 saturated carbocycles. The zero-order valence-electron chi connectivity index (χ0n) is 16.9. The van der Waals surface area contributed by atoms with E-state index in [9.17, 15) is 35.1 Å². The zero-order valence-corrected chi connectivity index (χ0v) is 16.9. The maximum atomic E-state index is 14.6. The van der Waals surface area contributed by atoms with Crippen molar-refractivity contribution < 1.29 is 44.6 Å². The molecule has 1 aliphatic heterocycles. The fourth-order valence-corrected chi connectivity index (χ4v) is 2.99. The molecule has 0 atom stereocenters. The summed E-state index contributed by atoms with van der Waals surface area (Å²) in [5.74, 6) is -6.70. The molecular formula is C17H18F8N4O2. The lowest BCUT2D eigenvalue weighted by Crippen LogP contribution is -2.41. The first-order valence-electron chi connectivity index (χ1n) is 8.79. The molecule has 0 spiro atoms. The van der Waals surface area contributed by atoms with Crippen molar-refractivity contribution in [3.63, 3.8) is 0 Å². The molecule has 0 aromatic carbocycles. The Kier molecular flexibility index (Phi) is 5.02. The van der Waals surface area contributed by atoms with Gasteiger partial charge in [0.2, 0.25) is 0 Å². The van der Waals surface area contributed by atoms with E-state index >= 15 is 0 Å². The average Bonchev–Trinajstić information content (AvgIpc) is 3.20. The number of aromatic nitrogens is 4. The largest absolute Gasteiger partial charge is 0.459 e. The summed E-state index contributed by atoms with van der Waals surface area (Å²) >= 11 is 0. The maximum absolute atomic E-state index is 14.6. The zero-order chi connectivity index (χ0) is 23.8. The summed E-state index contributed by atoms with van der Waals surface area (Å²) in [4.78, 5) is 0. The predicted octanol–water partition coefficient (Wildman–Crippen LogP) is 4.88. The molecule has 0 unspecified atom stereocenters. The van der Waals surface area contributed by atoms with Crippen molar-refractivity contribution in [2.75, 3.05) is 0 Å². The van der Waals surface area contributed by atoms with Gasteiger partial charge in [-0.2, -0.15) is 45.3 Å². The number of rotatable bonds is 3. The maximum Gasteiger partial charge on any atom is 0.459 e. The first-order valence-corrected chi connectivity index (χ1v) is 8.79. The van der Waals surface area contributed by atoms with E-state index in [0.717, 1.165) is 7.05 Å². The van der Waals surface area contributed by atoms with Crippen LogP contribution in [0.25, 0.3) is 5.82 Å². The second-order valence-corrected chi connectivity index (χ2v) is 8.02. The third-order valence-corrected chi connectivity index (χ3v) is 5.37. The number of hydrogen-bond acceptors (Lipinski definition) is 4. The Balaban J connectivity index is 2.29.